The number of methoxy groups -OCH3 is 1. The Morgan fingerprint density at radius 3 is 2.67 bits per heavy atom. The zero-order chi connectivity index (χ0) is 19.6. The van der Waals surface area contributed by atoms with Crippen LogP contribution in [-0.4, -0.2) is 25.1 Å². The van der Waals surface area contributed by atoms with Crippen molar-refractivity contribution in [1.29, 1.82) is 0 Å². The van der Waals surface area contributed by atoms with Gasteiger partial charge in [0.05, 0.1) is 27.4 Å². The molecule has 3 rings (SSSR count). The number of hydrogen-bond donors (Lipinski definition) is 0. The van der Waals surface area contributed by atoms with E-state index in [0.29, 0.717) is 22.1 Å². The monoisotopic (exact) mass is 497 g/mol. The zero-order valence-electron chi connectivity index (χ0n) is 15.0. The van der Waals surface area contributed by atoms with Crippen molar-refractivity contribution in [3.63, 3.8) is 0 Å². The quantitative estimate of drug-likeness (QED) is 0.328. The summed E-state index contributed by atoms with van der Waals surface area (Å²) in [7, 11) is 1.58. The molecule has 0 fully saturated rings. The largest absolute Gasteiger partial charge is 0.493 e. The van der Waals surface area contributed by atoms with Crippen LogP contribution in [0.2, 0.25) is 5.02 Å². The van der Waals surface area contributed by atoms with E-state index in [4.69, 9.17) is 25.8 Å². The Morgan fingerprint density at radius 2 is 2.00 bits per heavy atom. The third-order valence-corrected chi connectivity index (χ3v) is 4.76. The number of carbonyl (C=O) groups is 1. The number of cyclic esters (lactones) is 1. The van der Waals surface area contributed by atoms with Gasteiger partial charge in [0.15, 0.2) is 17.2 Å². The van der Waals surface area contributed by atoms with E-state index < -0.39 is 5.97 Å². The number of hydrogen-bond acceptors (Lipinski definition) is 5. The highest BCUT2D eigenvalue weighted by Crippen LogP contribution is 2.35. The van der Waals surface area contributed by atoms with Crippen LogP contribution in [-0.2, 0) is 9.53 Å². The zero-order valence-corrected chi connectivity index (χ0v) is 17.9. The molecule has 2 aromatic carbocycles. The van der Waals surface area contributed by atoms with E-state index in [1.54, 1.807) is 43.5 Å². The average Bonchev–Trinajstić information content (AvgIpc) is 2.97. The average molecular weight is 498 g/mol. The molecule has 0 bridgehead atoms. The third kappa shape index (κ3) is 4.44. The lowest BCUT2D eigenvalue weighted by molar-refractivity contribution is -0.129. The number of esters is 1. The first-order chi connectivity index (χ1) is 12.9. The molecule has 0 amide bonds. The van der Waals surface area contributed by atoms with Gasteiger partial charge in [-0.3, -0.25) is 0 Å². The number of ether oxygens (including phenoxy) is 3. The van der Waals surface area contributed by atoms with E-state index in [0.717, 1.165) is 9.13 Å². The summed E-state index contributed by atoms with van der Waals surface area (Å²) in [5.41, 5.74) is 1.52. The molecule has 0 saturated heterocycles. The summed E-state index contributed by atoms with van der Waals surface area (Å²) in [6.45, 7) is 3.90. The van der Waals surface area contributed by atoms with Gasteiger partial charge in [-0.15, -0.1) is 0 Å². The molecule has 0 radical (unpaired) electrons. The van der Waals surface area contributed by atoms with Crippen LogP contribution in [0.1, 0.15) is 25.0 Å². The number of halogens is 2. The van der Waals surface area contributed by atoms with Gasteiger partial charge in [-0.25, -0.2) is 9.79 Å². The Balaban J connectivity index is 1.98. The van der Waals surface area contributed by atoms with Gasteiger partial charge in [-0.05, 0) is 72.3 Å². The van der Waals surface area contributed by atoms with E-state index in [1.807, 2.05) is 19.9 Å². The minimum atomic E-state index is -0.526. The standard InChI is InChI=1S/C20H17ClINO4/c1-11(2)26-18-15(22)8-12(10-17(18)25-3)9-16-20(24)27-19(23-16)13-6-4-5-7-14(13)21/h4-11H,1-3H3/b16-9-. The summed E-state index contributed by atoms with van der Waals surface area (Å²) in [6, 6.07) is 10.8. The van der Waals surface area contributed by atoms with Crippen molar-refractivity contribution in [3.8, 4) is 11.5 Å². The van der Waals surface area contributed by atoms with Crippen LogP contribution < -0.4 is 9.47 Å². The predicted octanol–water partition coefficient (Wildman–Crippen LogP) is 5.08. The van der Waals surface area contributed by atoms with Gasteiger partial charge in [0.1, 0.15) is 0 Å². The normalized spacial score (nSPS) is 15.1. The lowest BCUT2D eigenvalue weighted by atomic mass is 10.1. The van der Waals surface area contributed by atoms with Crippen LogP contribution in [0.5, 0.6) is 11.5 Å². The van der Waals surface area contributed by atoms with E-state index in [9.17, 15) is 4.79 Å². The van der Waals surface area contributed by atoms with Gasteiger partial charge in [-0.1, -0.05) is 23.7 Å². The van der Waals surface area contributed by atoms with Crippen LogP contribution in [0.15, 0.2) is 47.1 Å². The van der Waals surface area contributed by atoms with Crippen LogP contribution in [0.4, 0.5) is 0 Å². The smallest absolute Gasteiger partial charge is 0.363 e. The maximum Gasteiger partial charge on any atom is 0.363 e. The molecule has 0 unspecified atom stereocenters. The lowest BCUT2D eigenvalue weighted by Gasteiger charge is -2.15. The van der Waals surface area contributed by atoms with Gasteiger partial charge >= 0.3 is 5.97 Å². The molecule has 0 aliphatic carbocycles. The van der Waals surface area contributed by atoms with E-state index >= 15 is 0 Å². The predicted molar refractivity (Wildman–Crippen MR) is 114 cm³/mol. The van der Waals surface area contributed by atoms with Crippen molar-refractivity contribution in [1.82, 2.24) is 0 Å². The highest BCUT2D eigenvalue weighted by Gasteiger charge is 2.25. The van der Waals surface area contributed by atoms with Crippen molar-refractivity contribution in [3.05, 3.63) is 61.8 Å². The maximum absolute atomic E-state index is 12.2. The molecular formula is C20H17ClINO4. The first-order valence-electron chi connectivity index (χ1n) is 8.20. The molecule has 0 N–H and O–H groups in total. The highest BCUT2D eigenvalue weighted by atomic mass is 127. The van der Waals surface area contributed by atoms with Crippen molar-refractivity contribution < 1.29 is 19.0 Å². The van der Waals surface area contributed by atoms with Crippen LogP contribution in [0, 0.1) is 3.57 Å². The molecule has 2 aromatic rings. The Labute approximate surface area is 176 Å². The number of nitrogens with zero attached hydrogens (tertiary/aromatic N) is 1. The number of aliphatic imine (C=N–C) groups is 1. The minimum absolute atomic E-state index is 0.0178. The van der Waals surface area contributed by atoms with Crippen molar-refractivity contribution in [2.45, 2.75) is 20.0 Å². The summed E-state index contributed by atoms with van der Waals surface area (Å²) < 4.78 is 17.4. The first-order valence-corrected chi connectivity index (χ1v) is 9.66. The second-order valence-electron chi connectivity index (χ2n) is 6.02. The number of rotatable bonds is 5. The van der Waals surface area contributed by atoms with Gasteiger partial charge in [0.2, 0.25) is 5.90 Å². The summed E-state index contributed by atoms with van der Waals surface area (Å²) in [6.07, 6.45) is 1.67. The van der Waals surface area contributed by atoms with E-state index in [1.165, 1.54) is 0 Å². The molecule has 5 nitrogen and oxygen atoms in total. The summed E-state index contributed by atoms with van der Waals surface area (Å²) >= 11 is 8.33. The highest BCUT2D eigenvalue weighted by molar-refractivity contribution is 14.1. The maximum atomic E-state index is 12.2. The Morgan fingerprint density at radius 1 is 1.26 bits per heavy atom. The molecule has 1 aliphatic rings. The Hall–Kier alpha value is -2.06. The lowest BCUT2D eigenvalue weighted by Crippen LogP contribution is -2.08. The second-order valence-corrected chi connectivity index (χ2v) is 7.59. The first kappa shape index (κ1) is 19.7. The summed E-state index contributed by atoms with van der Waals surface area (Å²) in [5, 5.41) is 0.469. The fraction of sp³-hybridized carbons (Fsp3) is 0.200. The molecule has 1 aliphatic heterocycles. The fourth-order valence-electron chi connectivity index (χ4n) is 2.49. The fourth-order valence-corrected chi connectivity index (χ4v) is 3.46. The molecule has 0 saturated carbocycles. The summed E-state index contributed by atoms with van der Waals surface area (Å²) in [4.78, 5) is 16.5. The molecular weight excluding hydrogens is 481 g/mol. The topological polar surface area (TPSA) is 57.1 Å². The van der Waals surface area contributed by atoms with Crippen molar-refractivity contribution >= 4 is 52.1 Å². The van der Waals surface area contributed by atoms with Gasteiger partial charge in [-0.2, -0.15) is 0 Å². The van der Waals surface area contributed by atoms with Gasteiger partial charge < -0.3 is 14.2 Å². The third-order valence-electron chi connectivity index (χ3n) is 3.63. The van der Waals surface area contributed by atoms with Gasteiger partial charge in [0.25, 0.3) is 0 Å². The van der Waals surface area contributed by atoms with Crippen LogP contribution >= 0.6 is 34.2 Å². The van der Waals surface area contributed by atoms with E-state index in [-0.39, 0.29) is 17.7 Å². The van der Waals surface area contributed by atoms with Gasteiger partial charge in [0, 0.05) is 0 Å². The minimum Gasteiger partial charge on any atom is -0.493 e. The Kier molecular flexibility index (Phi) is 6.06. The molecule has 1 heterocycles. The molecule has 140 valence electrons. The number of benzene rings is 2. The van der Waals surface area contributed by atoms with Crippen LogP contribution in [0.3, 0.4) is 0 Å². The molecule has 0 atom stereocenters. The Bertz CT molecular complexity index is 953. The summed E-state index contributed by atoms with van der Waals surface area (Å²) in [5.74, 6) is 0.924. The molecule has 7 heteroatoms. The molecule has 0 spiro atoms. The number of carbonyl (C=O) groups excluding carboxylic acids is 1. The van der Waals surface area contributed by atoms with Crippen molar-refractivity contribution in [2.24, 2.45) is 4.99 Å². The van der Waals surface area contributed by atoms with Crippen molar-refractivity contribution in [2.75, 3.05) is 7.11 Å². The SMILES string of the molecule is COc1cc(/C=C2\N=C(c3ccccc3Cl)OC2=O)cc(I)c1OC(C)C. The second kappa shape index (κ2) is 8.31. The molecule has 0 aromatic heterocycles. The van der Waals surface area contributed by atoms with Crippen LogP contribution in [0.25, 0.3) is 6.08 Å². The molecule has 27 heavy (non-hydrogen) atoms. The van der Waals surface area contributed by atoms with E-state index in [2.05, 4.69) is 27.6 Å².